The van der Waals surface area contributed by atoms with Crippen LogP contribution in [0.1, 0.15) is 45.1 Å². The van der Waals surface area contributed by atoms with E-state index in [0.29, 0.717) is 19.4 Å². The van der Waals surface area contributed by atoms with E-state index in [1.165, 1.54) is 18.7 Å². The van der Waals surface area contributed by atoms with Crippen molar-refractivity contribution in [1.29, 1.82) is 5.26 Å². The SMILES string of the molecule is CC(NC(=O)CC[C@H](N)C(=O)N1CCC[C@H]1C#N)P(=O)(O)CC(Cc1ccccc1)C(=O)N[C@@H](C)C(=O)O. The summed E-state index contributed by atoms with van der Waals surface area (Å²) in [5.41, 5.74) is 6.67. The van der Waals surface area contributed by atoms with E-state index < -0.39 is 67.0 Å². The smallest absolute Gasteiger partial charge is 0.325 e. The first-order chi connectivity index (χ1) is 17.9. The summed E-state index contributed by atoms with van der Waals surface area (Å²) in [6.45, 7) is 3.08. The highest BCUT2D eigenvalue weighted by molar-refractivity contribution is 7.58. The quantitative estimate of drug-likeness (QED) is 0.220. The largest absolute Gasteiger partial charge is 0.480 e. The van der Waals surface area contributed by atoms with E-state index >= 15 is 0 Å². The fourth-order valence-corrected chi connectivity index (χ4v) is 5.79. The van der Waals surface area contributed by atoms with Gasteiger partial charge in [-0.2, -0.15) is 5.26 Å². The van der Waals surface area contributed by atoms with Gasteiger partial charge in [0.1, 0.15) is 17.9 Å². The molecule has 2 rings (SSSR count). The topological polar surface area (TPSA) is 203 Å². The third kappa shape index (κ3) is 8.94. The summed E-state index contributed by atoms with van der Waals surface area (Å²) < 4.78 is 13.2. The van der Waals surface area contributed by atoms with Gasteiger partial charge in [-0.3, -0.25) is 23.7 Å². The molecule has 208 valence electrons. The fourth-order valence-electron chi connectivity index (χ4n) is 4.20. The van der Waals surface area contributed by atoms with Crippen molar-refractivity contribution in [3.8, 4) is 6.07 Å². The molecule has 1 fully saturated rings. The first kappa shape index (κ1) is 31.0. The second-order valence-corrected chi connectivity index (χ2v) is 12.3. The molecule has 6 N–H and O–H groups in total. The lowest BCUT2D eigenvalue weighted by Gasteiger charge is -2.26. The molecular weight excluding hydrogens is 513 g/mol. The van der Waals surface area contributed by atoms with Gasteiger partial charge in [-0.1, -0.05) is 30.3 Å². The number of carboxylic acid groups (broad SMARTS) is 1. The molecule has 13 heteroatoms. The summed E-state index contributed by atoms with van der Waals surface area (Å²) in [5.74, 6) is -5.14. The number of carbonyl (C=O) groups is 4. The summed E-state index contributed by atoms with van der Waals surface area (Å²) >= 11 is 0. The molecule has 3 unspecified atom stereocenters. The van der Waals surface area contributed by atoms with Gasteiger partial charge in [-0.25, -0.2) is 0 Å². The van der Waals surface area contributed by atoms with Gasteiger partial charge < -0.3 is 31.3 Å². The zero-order valence-corrected chi connectivity index (χ0v) is 22.5. The number of rotatable bonds is 13. The van der Waals surface area contributed by atoms with E-state index in [9.17, 15) is 28.6 Å². The highest BCUT2D eigenvalue weighted by atomic mass is 31.2. The minimum atomic E-state index is -4.13. The molecule has 3 amide bonds. The molecule has 0 bridgehead atoms. The molecule has 38 heavy (non-hydrogen) atoms. The standard InChI is InChI=1S/C25H36N5O7P/c1-16(25(34)35)28-23(32)19(13-18-7-4-3-5-8-18)15-38(36,37)17(2)29-22(31)11-10-21(27)24(33)30-12-6-9-20(30)14-26/h3-5,7-8,16-17,19-21H,6,9-13,15,27H2,1-2H3,(H,28,32)(H,29,31)(H,34,35)(H,36,37)/t16-,17?,19?,20-,21-/m0/s1. The minimum absolute atomic E-state index is 0.00607. The zero-order valence-electron chi connectivity index (χ0n) is 21.6. The van der Waals surface area contributed by atoms with Crippen molar-refractivity contribution >= 4 is 31.1 Å². The minimum Gasteiger partial charge on any atom is -0.480 e. The number of nitrogens with two attached hydrogens (primary N) is 1. The van der Waals surface area contributed by atoms with Gasteiger partial charge >= 0.3 is 5.97 Å². The fraction of sp³-hybridized carbons (Fsp3) is 0.560. The van der Waals surface area contributed by atoms with Crippen LogP contribution in [-0.4, -0.2) is 75.2 Å². The van der Waals surface area contributed by atoms with Crippen molar-refractivity contribution in [2.75, 3.05) is 12.7 Å². The number of carbonyl (C=O) groups excluding carboxylic acids is 3. The summed E-state index contributed by atoms with van der Waals surface area (Å²) in [6, 6.07) is 8.16. The molecular formula is C25H36N5O7P. The van der Waals surface area contributed by atoms with Gasteiger partial charge in [0.25, 0.3) is 0 Å². The molecule has 0 aliphatic carbocycles. The van der Waals surface area contributed by atoms with Crippen LogP contribution in [0.25, 0.3) is 0 Å². The van der Waals surface area contributed by atoms with Crippen LogP contribution in [0.3, 0.4) is 0 Å². The zero-order chi connectivity index (χ0) is 28.5. The van der Waals surface area contributed by atoms with E-state index in [2.05, 4.69) is 16.7 Å². The van der Waals surface area contributed by atoms with Crippen molar-refractivity contribution < 1.29 is 33.7 Å². The van der Waals surface area contributed by atoms with Gasteiger partial charge in [0.15, 0.2) is 0 Å². The second-order valence-electron chi connectivity index (χ2n) is 9.60. The van der Waals surface area contributed by atoms with Crippen LogP contribution in [0.2, 0.25) is 0 Å². The van der Waals surface area contributed by atoms with Crippen molar-refractivity contribution in [2.24, 2.45) is 11.7 Å². The van der Waals surface area contributed by atoms with Crippen LogP contribution >= 0.6 is 7.37 Å². The molecule has 6 atom stereocenters. The van der Waals surface area contributed by atoms with Gasteiger partial charge in [0.2, 0.25) is 25.1 Å². The predicted octanol–water partition coefficient (Wildman–Crippen LogP) is 0.789. The molecule has 1 aliphatic heterocycles. The van der Waals surface area contributed by atoms with Crippen molar-refractivity contribution in [1.82, 2.24) is 15.5 Å². The van der Waals surface area contributed by atoms with Crippen LogP contribution in [-0.2, 0) is 30.2 Å². The highest BCUT2D eigenvalue weighted by Crippen LogP contribution is 2.47. The Hall–Kier alpha value is -3.26. The van der Waals surface area contributed by atoms with Crippen LogP contribution in [0, 0.1) is 17.2 Å². The molecule has 0 radical (unpaired) electrons. The lowest BCUT2D eigenvalue weighted by molar-refractivity contribution is -0.141. The number of hydrogen-bond acceptors (Lipinski definition) is 7. The predicted molar refractivity (Wildman–Crippen MR) is 139 cm³/mol. The summed E-state index contributed by atoms with van der Waals surface area (Å²) in [5, 5.41) is 23.1. The maximum absolute atomic E-state index is 13.2. The number of nitriles is 1. The van der Waals surface area contributed by atoms with Gasteiger partial charge in [-0.05, 0) is 45.1 Å². The molecule has 1 heterocycles. The Morgan fingerprint density at radius 3 is 2.47 bits per heavy atom. The average Bonchev–Trinajstić information content (AvgIpc) is 3.35. The third-order valence-electron chi connectivity index (χ3n) is 6.57. The van der Waals surface area contributed by atoms with Crippen LogP contribution in [0.5, 0.6) is 0 Å². The first-order valence-electron chi connectivity index (χ1n) is 12.5. The number of benzene rings is 1. The molecule has 1 aliphatic rings. The number of carboxylic acids is 1. The summed E-state index contributed by atoms with van der Waals surface area (Å²) in [6.07, 6.45) is 0.724. The number of hydrogen-bond donors (Lipinski definition) is 5. The van der Waals surface area contributed by atoms with Crippen molar-refractivity contribution in [3.05, 3.63) is 35.9 Å². The maximum Gasteiger partial charge on any atom is 0.325 e. The van der Waals surface area contributed by atoms with E-state index in [0.717, 1.165) is 5.56 Å². The average molecular weight is 550 g/mol. The van der Waals surface area contributed by atoms with Crippen molar-refractivity contribution in [3.63, 3.8) is 0 Å². The number of amides is 3. The Morgan fingerprint density at radius 1 is 1.21 bits per heavy atom. The Balaban J connectivity index is 1.99. The van der Waals surface area contributed by atoms with E-state index in [1.54, 1.807) is 30.3 Å². The normalized spacial score (nSPS) is 19.8. The number of aliphatic carboxylic acids is 1. The molecule has 1 aromatic carbocycles. The summed E-state index contributed by atoms with van der Waals surface area (Å²) in [4.78, 5) is 61.2. The Kier molecular flexibility index (Phi) is 11.4. The highest BCUT2D eigenvalue weighted by Gasteiger charge is 2.36. The first-order valence-corrected chi connectivity index (χ1v) is 14.4. The second kappa shape index (κ2) is 14.0. The van der Waals surface area contributed by atoms with Crippen LogP contribution in [0.15, 0.2) is 30.3 Å². The molecule has 1 aromatic rings. The van der Waals surface area contributed by atoms with Gasteiger partial charge in [-0.15, -0.1) is 0 Å². The van der Waals surface area contributed by atoms with Gasteiger partial charge in [0, 0.05) is 19.1 Å². The van der Waals surface area contributed by atoms with Crippen LogP contribution in [0.4, 0.5) is 0 Å². The number of likely N-dealkylation sites (tertiary alicyclic amines) is 1. The number of nitrogens with zero attached hydrogens (tertiary/aromatic N) is 2. The molecule has 0 spiro atoms. The molecule has 12 nitrogen and oxygen atoms in total. The number of nitrogens with one attached hydrogen (secondary N) is 2. The van der Waals surface area contributed by atoms with Crippen LogP contribution < -0.4 is 16.4 Å². The Bertz CT molecular complexity index is 1090. The Morgan fingerprint density at radius 2 is 1.87 bits per heavy atom. The van der Waals surface area contributed by atoms with Crippen molar-refractivity contribution in [2.45, 2.75) is 69.9 Å². The van der Waals surface area contributed by atoms with E-state index in [4.69, 9.17) is 16.1 Å². The van der Waals surface area contributed by atoms with Gasteiger partial charge in [0.05, 0.1) is 18.0 Å². The summed E-state index contributed by atoms with van der Waals surface area (Å²) in [7, 11) is -4.13. The monoisotopic (exact) mass is 549 g/mol. The van der Waals surface area contributed by atoms with E-state index in [1.807, 2.05) is 0 Å². The molecule has 0 aromatic heterocycles. The third-order valence-corrected chi connectivity index (χ3v) is 8.87. The lowest BCUT2D eigenvalue weighted by Crippen LogP contribution is -2.46. The Labute approximate surface area is 222 Å². The lowest BCUT2D eigenvalue weighted by atomic mass is 10.00. The molecule has 0 saturated carbocycles. The van der Waals surface area contributed by atoms with E-state index in [-0.39, 0.29) is 19.3 Å². The maximum atomic E-state index is 13.2. The molecule has 1 saturated heterocycles.